The molecule has 6 heteroatoms. The van der Waals surface area contributed by atoms with E-state index < -0.39 is 10.0 Å². The minimum absolute atomic E-state index is 0.217. The van der Waals surface area contributed by atoms with Crippen molar-refractivity contribution in [3.63, 3.8) is 0 Å². The second-order valence-electron chi connectivity index (χ2n) is 5.15. The molecular weight excluding hydrogens is 276 g/mol. The Morgan fingerprint density at radius 2 is 2.15 bits per heavy atom. The van der Waals surface area contributed by atoms with E-state index in [-0.39, 0.29) is 10.9 Å². The smallest absolute Gasteiger partial charge is 0.246 e. The number of sulfonamides is 1. The fraction of sp³-hybridized carbons (Fsp3) is 0.571. The lowest BCUT2D eigenvalue weighted by molar-refractivity contribution is 0.291. The van der Waals surface area contributed by atoms with Crippen molar-refractivity contribution in [2.75, 3.05) is 27.2 Å². The maximum absolute atomic E-state index is 12.8. The first-order valence-corrected chi connectivity index (χ1v) is 8.25. The van der Waals surface area contributed by atoms with Crippen LogP contribution in [-0.4, -0.2) is 46.0 Å². The van der Waals surface area contributed by atoms with Crippen LogP contribution in [0.15, 0.2) is 23.1 Å². The van der Waals surface area contributed by atoms with E-state index in [9.17, 15) is 8.42 Å². The molecule has 1 aromatic rings. The Bertz CT molecular complexity index is 572. The minimum atomic E-state index is -3.50. The van der Waals surface area contributed by atoms with Gasteiger partial charge in [0.05, 0.1) is 7.11 Å². The van der Waals surface area contributed by atoms with Crippen LogP contribution in [0, 0.1) is 6.92 Å². The Morgan fingerprint density at radius 3 is 2.80 bits per heavy atom. The molecule has 2 rings (SSSR count). The zero-order valence-corrected chi connectivity index (χ0v) is 13.0. The van der Waals surface area contributed by atoms with Gasteiger partial charge in [0.2, 0.25) is 10.0 Å². The summed E-state index contributed by atoms with van der Waals surface area (Å²) in [5.74, 6) is 0.405. The zero-order valence-electron chi connectivity index (χ0n) is 12.2. The van der Waals surface area contributed by atoms with Crippen molar-refractivity contribution in [1.82, 2.24) is 9.62 Å². The summed E-state index contributed by atoms with van der Waals surface area (Å²) in [6, 6.07) is 5.46. The number of piperidine rings is 1. The van der Waals surface area contributed by atoms with Crippen molar-refractivity contribution >= 4 is 10.0 Å². The number of nitrogens with one attached hydrogen (secondary N) is 1. The van der Waals surface area contributed by atoms with Crippen molar-refractivity contribution in [2.45, 2.75) is 30.7 Å². The normalized spacial score (nSPS) is 20.9. The fourth-order valence-corrected chi connectivity index (χ4v) is 4.29. The number of hydrogen-bond donors (Lipinski definition) is 1. The number of rotatable bonds is 4. The first-order chi connectivity index (χ1) is 9.48. The molecule has 1 atom stereocenters. The first kappa shape index (κ1) is 15.3. The van der Waals surface area contributed by atoms with Gasteiger partial charge in [-0.1, -0.05) is 6.07 Å². The molecule has 0 spiro atoms. The van der Waals surface area contributed by atoms with Crippen molar-refractivity contribution in [3.05, 3.63) is 23.8 Å². The van der Waals surface area contributed by atoms with E-state index in [1.54, 1.807) is 16.4 Å². The number of likely N-dealkylation sites (N-methyl/N-ethyl adjacent to an activating group) is 1. The topological polar surface area (TPSA) is 58.6 Å². The van der Waals surface area contributed by atoms with Crippen LogP contribution in [0.5, 0.6) is 5.75 Å². The summed E-state index contributed by atoms with van der Waals surface area (Å²) in [4.78, 5) is 0.261. The van der Waals surface area contributed by atoms with Gasteiger partial charge in [-0.05, 0) is 44.5 Å². The molecule has 0 aliphatic carbocycles. The molecule has 5 nitrogen and oxygen atoms in total. The maximum Gasteiger partial charge on any atom is 0.246 e. The standard InChI is InChI=1S/C14H22N2O3S/c1-11-6-7-13(19-3)14(9-11)20(17,18)16-8-4-5-12(10-16)15-2/h6-7,9,12,15H,4-5,8,10H2,1-3H3. The second kappa shape index (κ2) is 6.11. The third-order valence-electron chi connectivity index (χ3n) is 3.73. The van der Waals surface area contributed by atoms with Gasteiger partial charge < -0.3 is 10.1 Å². The molecule has 112 valence electrons. The number of methoxy groups -OCH3 is 1. The Labute approximate surface area is 121 Å². The van der Waals surface area contributed by atoms with Crippen LogP contribution < -0.4 is 10.1 Å². The van der Waals surface area contributed by atoms with Gasteiger partial charge in [-0.2, -0.15) is 4.31 Å². The third kappa shape index (κ3) is 2.97. The highest BCUT2D eigenvalue weighted by Crippen LogP contribution is 2.29. The van der Waals surface area contributed by atoms with Crippen LogP contribution in [0.2, 0.25) is 0 Å². The predicted molar refractivity (Wildman–Crippen MR) is 78.6 cm³/mol. The van der Waals surface area contributed by atoms with Crippen molar-refractivity contribution in [3.8, 4) is 5.75 Å². The van der Waals surface area contributed by atoms with E-state index in [1.807, 2.05) is 20.0 Å². The molecule has 0 aromatic heterocycles. The molecule has 1 aliphatic rings. The van der Waals surface area contributed by atoms with Crippen LogP contribution in [0.3, 0.4) is 0 Å². The quantitative estimate of drug-likeness (QED) is 0.912. The van der Waals surface area contributed by atoms with Crippen molar-refractivity contribution in [2.24, 2.45) is 0 Å². The van der Waals surface area contributed by atoms with Gasteiger partial charge in [0.1, 0.15) is 10.6 Å². The van der Waals surface area contributed by atoms with E-state index in [0.29, 0.717) is 18.8 Å². The molecule has 0 amide bonds. The van der Waals surface area contributed by atoms with Crippen LogP contribution in [0.4, 0.5) is 0 Å². The number of nitrogens with zero attached hydrogens (tertiary/aromatic N) is 1. The van der Waals surface area contributed by atoms with Crippen LogP contribution in [0.25, 0.3) is 0 Å². The van der Waals surface area contributed by atoms with E-state index in [1.165, 1.54) is 7.11 Å². The number of aryl methyl sites for hydroxylation is 1. The van der Waals surface area contributed by atoms with Crippen molar-refractivity contribution < 1.29 is 13.2 Å². The number of ether oxygens (including phenoxy) is 1. The molecule has 1 aliphatic heterocycles. The summed E-state index contributed by atoms with van der Waals surface area (Å²) in [6.07, 6.45) is 1.88. The predicted octanol–water partition coefficient (Wildman–Crippen LogP) is 1.38. The molecule has 1 saturated heterocycles. The molecular formula is C14H22N2O3S. The van der Waals surface area contributed by atoms with Gasteiger partial charge in [0.25, 0.3) is 0 Å². The second-order valence-corrected chi connectivity index (χ2v) is 7.05. The lowest BCUT2D eigenvalue weighted by Crippen LogP contribution is -2.46. The Kier molecular flexibility index (Phi) is 4.67. The summed E-state index contributed by atoms with van der Waals surface area (Å²) < 4.78 is 32.4. The Balaban J connectivity index is 2.37. The summed E-state index contributed by atoms with van der Waals surface area (Å²) in [5, 5.41) is 3.16. The minimum Gasteiger partial charge on any atom is -0.495 e. The number of benzene rings is 1. The first-order valence-electron chi connectivity index (χ1n) is 6.81. The van der Waals surface area contributed by atoms with Crippen LogP contribution >= 0.6 is 0 Å². The van der Waals surface area contributed by atoms with Crippen molar-refractivity contribution in [1.29, 1.82) is 0 Å². The summed E-state index contributed by atoms with van der Waals surface area (Å²) in [6.45, 7) is 2.96. The molecule has 1 heterocycles. The Hall–Kier alpha value is -1.11. The molecule has 20 heavy (non-hydrogen) atoms. The molecule has 1 unspecified atom stereocenters. The highest BCUT2D eigenvalue weighted by molar-refractivity contribution is 7.89. The molecule has 0 bridgehead atoms. The molecule has 0 radical (unpaired) electrons. The fourth-order valence-electron chi connectivity index (χ4n) is 2.52. The average molecular weight is 298 g/mol. The maximum atomic E-state index is 12.8. The van der Waals surface area contributed by atoms with Gasteiger partial charge in [0.15, 0.2) is 0 Å². The van der Waals surface area contributed by atoms with Crippen LogP contribution in [0.1, 0.15) is 18.4 Å². The Morgan fingerprint density at radius 1 is 1.40 bits per heavy atom. The summed E-state index contributed by atoms with van der Waals surface area (Å²) in [5.41, 5.74) is 0.909. The molecule has 1 fully saturated rings. The third-order valence-corrected chi connectivity index (χ3v) is 5.62. The highest BCUT2D eigenvalue weighted by Gasteiger charge is 2.31. The molecule has 0 saturated carbocycles. The average Bonchev–Trinajstić information content (AvgIpc) is 2.47. The summed E-state index contributed by atoms with van der Waals surface area (Å²) in [7, 11) is -0.137. The molecule has 1 N–H and O–H groups in total. The zero-order chi connectivity index (χ0) is 14.8. The highest BCUT2D eigenvalue weighted by atomic mass is 32.2. The van der Waals surface area contributed by atoms with Gasteiger partial charge in [0, 0.05) is 19.1 Å². The van der Waals surface area contributed by atoms with Gasteiger partial charge in [-0.25, -0.2) is 8.42 Å². The van der Waals surface area contributed by atoms with E-state index >= 15 is 0 Å². The monoisotopic (exact) mass is 298 g/mol. The number of hydrogen-bond acceptors (Lipinski definition) is 4. The van der Waals surface area contributed by atoms with Crippen LogP contribution in [-0.2, 0) is 10.0 Å². The lowest BCUT2D eigenvalue weighted by atomic mass is 10.1. The van der Waals surface area contributed by atoms with E-state index in [0.717, 1.165) is 18.4 Å². The lowest BCUT2D eigenvalue weighted by Gasteiger charge is -2.32. The molecule has 1 aromatic carbocycles. The SMILES string of the molecule is CNC1CCCN(S(=O)(=O)c2cc(C)ccc2OC)C1. The van der Waals surface area contributed by atoms with E-state index in [4.69, 9.17) is 4.74 Å². The van der Waals surface area contributed by atoms with E-state index in [2.05, 4.69) is 5.32 Å². The van der Waals surface area contributed by atoms with Gasteiger partial charge in [-0.15, -0.1) is 0 Å². The summed E-state index contributed by atoms with van der Waals surface area (Å²) >= 11 is 0. The van der Waals surface area contributed by atoms with Gasteiger partial charge in [-0.3, -0.25) is 0 Å². The van der Waals surface area contributed by atoms with Gasteiger partial charge >= 0.3 is 0 Å². The largest absolute Gasteiger partial charge is 0.495 e.